The highest BCUT2D eigenvalue weighted by atomic mass is 79.9. The minimum Gasteiger partial charge on any atom is -0.304 e. The molecule has 1 saturated heterocycles. The van der Waals surface area contributed by atoms with Gasteiger partial charge in [-0.2, -0.15) is 0 Å². The van der Waals surface area contributed by atoms with Crippen LogP contribution in [0, 0.1) is 0 Å². The molecule has 1 fully saturated rings. The van der Waals surface area contributed by atoms with E-state index in [0.717, 1.165) is 6.54 Å². The van der Waals surface area contributed by atoms with Gasteiger partial charge < -0.3 is 5.32 Å². The molecule has 2 atom stereocenters. The van der Waals surface area contributed by atoms with Gasteiger partial charge in [-0.25, -0.2) is 0 Å². The second kappa shape index (κ2) is 3.18. The molecular weight excluding hydrogens is 234 g/mol. The first kappa shape index (κ1) is 7.03. The number of halogens is 2. The molecule has 8 heavy (non-hydrogen) atoms. The van der Waals surface area contributed by atoms with Gasteiger partial charge in [-0.15, -0.1) is 0 Å². The van der Waals surface area contributed by atoms with E-state index >= 15 is 0 Å². The zero-order chi connectivity index (χ0) is 5.98. The topological polar surface area (TPSA) is 12.0 Å². The predicted molar refractivity (Wildman–Crippen MR) is 42.7 cm³/mol. The lowest BCUT2D eigenvalue weighted by atomic mass is 10.2. The molecule has 48 valence electrons. The Morgan fingerprint density at radius 2 is 2.00 bits per heavy atom. The van der Waals surface area contributed by atoms with Crippen LogP contribution in [0.2, 0.25) is 0 Å². The van der Waals surface area contributed by atoms with Crippen molar-refractivity contribution in [3.8, 4) is 0 Å². The van der Waals surface area contributed by atoms with Gasteiger partial charge in [-0.1, -0.05) is 31.9 Å². The van der Waals surface area contributed by atoms with E-state index in [1.165, 1.54) is 12.8 Å². The average Bonchev–Trinajstić information content (AvgIpc) is 1.77. The number of hydrogen-bond donors (Lipinski definition) is 1. The summed E-state index contributed by atoms with van der Waals surface area (Å²) in [6, 6.07) is 0. The third-order valence-corrected chi connectivity index (χ3v) is 2.86. The van der Waals surface area contributed by atoms with E-state index in [4.69, 9.17) is 0 Å². The van der Waals surface area contributed by atoms with Gasteiger partial charge in [-0.05, 0) is 12.8 Å². The molecule has 0 aromatic heterocycles. The fourth-order valence-corrected chi connectivity index (χ4v) is 1.69. The van der Waals surface area contributed by atoms with E-state index < -0.39 is 0 Å². The summed E-state index contributed by atoms with van der Waals surface area (Å²) in [6.45, 7) is 1.09. The summed E-state index contributed by atoms with van der Waals surface area (Å²) in [6.07, 6.45) is 2.51. The van der Waals surface area contributed by atoms with Crippen LogP contribution in [0.5, 0.6) is 0 Å². The molecule has 0 radical (unpaired) electrons. The van der Waals surface area contributed by atoms with Crippen LogP contribution in [-0.4, -0.2) is 16.3 Å². The number of rotatable bonds is 0. The van der Waals surface area contributed by atoms with Crippen LogP contribution < -0.4 is 5.32 Å². The smallest absolute Gasteiger partial charge is 0.0631 e. The maximum atomic E-state index is 3.53. The Labute approximate surface area is 66.5 Å². The lowest BCUT2D eigenvalue weighted by Crippen LogP contribution is -2.35. The van der Waals surface area contributed by atoms with Crippen LogP contribution in [-0.2, 0) is 0 Å². The Balaban J connectivity index is 2.19. The van der Waals surface area contributed by atoms with Gasteiger partial charge in [-0.3, -0.25) is 0 Å². The number of hydrogen-bond acceptors (Lipinski definition) is 1. The summed E-state index contributed by atoms with van der Waals surface area (Å²) < 4.78 is 0. The van der Waals surface area contributed by atoms with Crippen molar-refractivity contribution in [3.05, 3.63) is 0 Å². The lowest BCUT2D eigenvalue weighted by Gasteiger charge is -2.21. The van der Waals surface area contributed by atoms with E-state index in [1.54, 1.807) is 0 Å². The Morgan fingerprint density at radius 3 is 2.38 bits per heavy atom. The lowest BCUT2D eigenvalue weighted by molar-refractivity contribution is 0.513. The first-order valence-corrected chi connectivity index (χ1v) is 4.63. The van der Waals surface area contributed by atoms with Crippen molar-refractivity contribution in [1.29, 1.82) is 0 Å². The summed E-state index contributed by atoms with van der Waals surface area (Å²) in [5.41, 5.74) is 0. The number of nitrogens with one attached hydrogen (secondary N) is 1. The summed E-state index contributed by atoms with van der Waals surface area (Å²) in [5.74, 6) is 0. The zero-order valence-corrected chi connectivity index (χ0v) is 7.70. The van der Waals surface area contributed by atoms with Crippen LogP contribution in [0.3, 0.4) is 0 Å². The Morgan fingerprint density at radius 1 is 1.25 bits per heavy atom. The van der Waals surface area contributed by atoms with Crippen molar-refractivity contribution in [2.75, 3.05) is 6.54 Å². The molecular formula is C5H9Br2N. The Bertz CT molecular complexity index is 58.8. The van der Waals surface area contributed by atoms with Crippen molar-refractivity contribution in [3.63, 3.8) is 0 Å². The normalized spacial score (nSPS) is 39.8. The van der Waals surface area contributed by atoms with Crippen LogP contribution in [0.1, 0.15) is 12.8 Å². The molecule has 0 aromatic carbocycles. The second-order valence-corrected chi connectivity index (χ2v) is 4.45. The molecule has 1 heterocycles. The van der Waals surface area contributed by atoms with Crippen molar-refractivity contribution >= 4 is 31.9 Å². The molecule has 2 unspecified atom stereocenters. The molecule has 0 bridgehead atoms. The van der Waals surface area contributed by atoms with Crippen LogP contribution in [0.15, 0.2) is 0 Å². The van der Waals surface area contributed by atoms with Crippen molar-refractivity contribution in [2.24, 2.45) is 0 Å². The quantitative estimate of drug-likeness (QED) is 0.505. The van der Waals surface area contributed by atoms with Crippen molar-refractivity contribution in [1.82, 2.24) is 5.32 Å². The molecule has 1 N–H and O–H groups in total. The molecule has 0 amide bonds. The van der Waals surface area contributed by atoms with E-state index in [1.807, 2.05) is 0 Å². The predicted octanol–water partition coefficient (Wildman–Crippen LogP) is 1.85. The van der Waals surface area contributed by atoms with Crippen LogP contribution in [0.4, 0.5) is 0 Å². The minimum absolute atomic E-state index is 0.552. The van der Waals surface area contributed by atoms with Gasteiger partial charge in [0.15, 0.2) is 0 Å². The number of piperidine rings is 1. The first-order chi connectivity index (χ1) is 3.79. The van der Waals surface area contributed by atoms with Crippen LogP contribution >= 0.6 is 31.9 Å². The molecule has 3 heteroatoms. The molecule has 0 spiro atoms. The van der Waals surface area contributed by atoms with E-state index in [0.29, 0.717) is 9.78 Å². The molecule has 1 aliphatic heterocycles. The Hall–Kier alpha value is 0.920. The van der Waals surface area contributed by atoms with Gasteiger partial charge in [0, 0.05) is 11.4 Å². The first-order valence-electron chi connectivity index (χ1n) is 2.80. The third-order valence-electron chi connectivity index (χ3n) is 1.29. The summed E-state index contributed by atoms with van der Waals surface area (Å²) in [5, 5.41) is 3.30. The van der Waals surface area contributed by atoms with Gasteiger partial charge in [0.25, 0.3) is 0 Å². The monoisotopic (exact) mass is 241 g/mol. The summed E-state index contributed by atoms with van der Waals surface area (Å²) in [4.78, 5) is 1.24. The molecule has 0 aromatic rings. The Kier molecular flexibility index (Phi) is 2.80. The van der Waals surface area contributed by atoms with Crippen molar-refractivity contribution in [2.45, 2.75) is 22.6 Å². The maximum absolute atomic E-state index is 3.53. The number of alkyl halides is 2. The highest BCUT2D eigenvalue weighted by molar-refractivity contribution is 9.10. The second-order valence-electron chi connectivity index (χ2n) is 2.05. The fraction of sp³-hybridized carbons (Fsp3) is 1.00. The van der Waals surface area contributed by atoms with Gasteiger partial charge in [0.1, 0.15) is 0 Å². The highest BCUT2D eigenvalue weighted by Crippen LogP contribution is 2.17. The molecule has 1 nitrogen and oxygen atoms in total. The van der Waals surface area contributed by atoms with Crippen LogP contribution in [0.25, 0.3) is 0 Å². The van der Waals surface area contributed by atoms with Gasteiger partial charge >= 0.3 is 0 Å². The van der Waals surface area contributed by atoms with E-state index in [2.05, 4.69) is 37.2 Å². The van der Waals surface area contributed by atoms with Crippen molar-refractivity contribution < 1.29 is 0 Å². The average molecular weight is 243 g/mol. The molecule has 1 rings (SSSR count). The molecule has 0 saturated carbocycles. The largest absolute Gasteiger partial charge is 0.304 e. The third kappa shape index (κ3) is 2.03. The molecule has 1 aliphatic rings. The highest BCUT2D eigenvalue weighted by Gasteiger charge is 2.14. The summed E-state index contributed by atoms with van der Waals surface area (Å²) in [7, 11) is 0. The molecule has 0 aliphatic carbocycles. The maximum Gasteiger partial charge on any atom is 0.0631 e. The van der Waals surface area contributed by atoms with Gasteiger partial charge in [0.05, 0.1) is 4.95 Å². The van der Waals surface area contributed by atoms with E-state index in [-0.39, 0.29) is 0 Å². The van der Waals surface area contributed by atoms with Gasteiger partial charge in [0.2, 0.25) is 0 Å². The fourth-order valence-electron chi connectivity index (χ4n) is 0.787. The standard InChI is InChI=1S/C5H9Br2N/c6-4-1-2-5(7)8-3-4/h4-5,8H,1-3H2. The minimum atomic E-state index is 0.552. The summed E-state index contributed by atoms with van der Waals surface area (Å²) >= 11 is 7.02. The van der Waals surface area contributed by atoms with E-state index in [9.17, 15) is 0 Å². The zero-order valence-electron chi connectivity index (χ0n) is 4.53. The SMILES string of the molecule is BrC1CCC(Br)NC1.